The van der Waals surface area contributed by atoms with Crippen LogP contribution in [0.1, 0.15) is 19.3 Å². The molecule has 1 saturated carbocycles. The standard InChI is InChI=1S/C8H13NO2/c1-9-7(10)5-3-2-4-6(5)8(9)11/h5-7,10H,2-4H2,1H3. The summed E-state index contributed by atoms with van der Waals surface area (Å²) in [5.74, 6) is 0.502. The molecule has 0 aromatic rings. The highest BCUT2D eigenvalue weighted by Crippen LogP contribution is 2.41. The molecule has 2 fully saturated rings. The molecule has 3 unspecified atom stereocenters. The van der Waals surface area contributed by atoms with E-state index >= 15 is 0 Å². The lowest BCUT2D eigenvalue weighted by molar-refractivity contribution is -0.134. The predicted octanol–water partition coefficient (Wildman–Crippen LogP) is 0.193. The molecule has 11 heavy (non-hydrogen) atoms. The second-order valence-corrected chi connectivity index (χ2v) is 3.56. The summed E-state index contributed by atoms with van der Waals surface area (Å²) < 4.78 is 0. The van der Waals surface area contributed by atoms with Crippen LogP contribution in [0.25, 0.3) is 0 Å². The van der Waals surface area contributed by atoms with Crippen LogP contribution in [-0.2, 0) is 4.79 Å². The molecule has 3 atom stereocenters. The van der Waals surface area contributed by atoms with E-state index in [1.54, 1.807) is 7.05 Å². The van der Waals surface area contributed by atoms with Gasteiger partial charge in [0, 0.05) is 18.9 Å². The monoisotopic (exact) mass is 155 g/mol. The number of carbonyl (C=O) groups excluding carboxylic acids is 1. The Bertz CT molecular complexity index is 193. The molecule has 1 N–H and O–H groups in total. The van der Waals surface area contributed by atoms with E-state index in [0.717, 1.165) is 19.3 Å². The van der Waals surface area contributed by atoms with Gasteiger partial charge in [0.2, 0.25) is 5.91 Å². The summed E-state index contributed by atoms with van der Waals surface area (Å²) in [5, 5.41) is 9.54. The van der Waals surface area contributed by atoms with Crippen molar-refractivity contribution in [3.05, 3.63) is 0 Å². The average molecular weight is 155 g/mol. The van der Waals surface area contributed by atoms with Crippen LogP contribution in [0.15, 0.2) is 0 Å². The number of hydrogen-bond acceptors (Lipinski definition) is 2. The van der Waals surface area contributed by atoms with Crippen molar-refractivity contribution < 1.29 is 9.90 Å². The first-order valence-corrected chi connectivity index (χ1v) is 4.16. The van der Waals surface area contributed by atoms with E-state index in [4.69, 9.17) is 0 Å². The summed E-state index contributed by atoms with van der Waals surface area (Å²) in [6, 6.07) is 0. The van der Waals surface area contributed by atoms with Crippen LogP contribution in [0.4, 0.5) is 0 Å². The van der Waals surface area contributed by atoms with Gasteiger partial charge in [0.1, 0.15) is 6.23 Å². The molecule has 1 heterocycles. The van der Waals surface area contributed by atoms with Gasteiger partial charge in [-0.25, -0.2) is 0 Å². The van der Waals surface area contributed by atoms with Crippen molar-refractivity contribution in [3.63, 3.8) is 0 Å². The maximum atomic E-state index is 11.4. The van der Waals surface area contributed by atoms with Crippen LogP contribution in [0.2, 0.25) is 0 Å². The number of fused-ring (bicyclic) bond motifs is 1. The number of aliphatic hydroxyl groups excluding tert-OH is 1. The van der Waals surface area contributed by atoms with E-state index < -0.39 is 6.23 Å². The Morgan fingerprint density at radius 3 is 2.91 bits per heavy atom. The smallest absolute Gasteiger partial charge is 0.227 e. The number of hydrogen-bond donors (Lipinski definition) is 1. The molecule has 62 valence electrons. The van der Waals surface area contributed by atoms with Gasteiger partial charge in [0.15, 0.2) is 0 Å². The fraction of sp³-hybridized carbons (Fsp3) is 0.875. The van der Waals surface area contributed by atoms with Crippen molar-refractivity contribution in [1.29, 1.82) is 0 Å². The van der Waals surface area contributed by atoms with Crippen molar-refractivity contribution in [2.75, 3.05) is 7.05 Å². The molecule has 1 aliphatic heterocycles. The van der Waals surface area contributed by atoms with Gasteiger partial charge in [-0.3, -0.25) is 4.79 Å². The number of rotatable bonds is 0. The molecular formula is C8H13NO2. The Hall–Kier alpha value is -0.570. The van der Waals surface area contributed by atoms with Crippen LogP contribution < -0.4 is 0 Å². The minimum absolute atomic E-state index is 0.134. The Labute approximate surface area is 66.0 Å². The van der Waals surface area contributed by atoms with Gasteiger partial charge in [-0.15, -0.1) is 0 Å². The third-order valence-corrected chi connectivity index (χ3v) is 3.01. The summed E-state index contributed by atoms with van der Waals surface area (Å²) >= 11 is 0. The first-order valence-electron chi connectivity index (χ1n) is 4.16. The van der Waals surface area contributed by atoms with Crippen molar-refractivity contribution in [2.24, 2.45) is 11.8 Å². The lowest BCUT2D eigenvalue weighted by Crippen LogP contribution is -2.31. The Balaban J connectivity index is 2.23. The fourth-order valence-electron chi connectivity index (χ4n) is 2.33. The zero-order chi connectivity index (χ0) is 8.01. The van der Waals surface area contributed by atoms with Crippen LogP contribution in [0, 0.1) is 11.8 Å². The number of aliphatic hydroxyl groups is 1. The minimum Gasteiger partial charge on any atom is -0.373 e. The molecule has 1 saturated heterocycles. The van der Waals surface area contributed by atoms with E-state index in [0.29, 0.717) is 0 Å². The highest BCUT2D eigenvalue weighted by Gasteiger charge is 2.47. The van der Waals surface area contributed by atoms with E-state index in [1.165, 1.54) is 4.90 Å². The van der Waals surface area contributed by atoms with Crippen LogP contribution in [-0.4, -0.2) is 29.2 Å². The lowest BCUT2D eigenvalue weighted by Gasteiger charge is -2.17. The molecule has 3 heteroatoms. The van der Waals surface area contributed by atoms with Gasteiger partial charge in [0.05, 0.1) is 0 Å². The highest BCUT2D eigenvalue weighted by molar-refractivity contribution is 5.81. The summed E-state index contributed by atoms with van der Waals surface area (Å²) in [5.41, 5.74) is 0. The van der Waals surface area contributed by atoms with Gasteiger partial charge in [0.25, 0.3) is 0 Å². The zero-order valence-electron chi connectivity index (χ0n) is 6.66. The molecule has 0 radical (unpaired) electrons. The van der Waals surface area contributed by atoms with E-state index in [2.05, 4.69) is 0 Å². The Morgan fingerprint density at radius 1 is 1.55 bits per heavy atom. The maximum Gasteiger partial charge on any atom is 0.227 e. The van der Waals surface area contributed by atoms with E-state index in [9.17, 15) is 9.90 Å². The lowest BCUT2D eigenvalue weighted by atomic mass is 9.99. The minimum atomic E-state index is -0.505. The summed E-state index contributed by atoms with van der Waals surface area (Å²) in [7, 11) is 1.69. The quantitative estimate of drug-likeness (QED) is 0.542. The summed E-state index contributed by atoms with van der Waals surface area (Å²) in [6.45, 7) is 0. The third-order valence-electron chi connectivity index (χ3n) is 3.01. The van der Waals surface area contributed by atoms with Gasteiger partial charge in [-0.05, 0) is 12.8 Å². The zero-order valence-corrected chi connectivity index (χ0v) is 6.66. The second kappa shape index (κ2) is 2.21. The molecular weight excluding hydrogens is 142 g/mol. The first kappa shape index (κ1) is 7.10. The third kappa shape index (κ3) is 0.805. The molecule has 1 aliphatic carbocycles. The maximum absolute atomic E-state index is 11.4. The highest BCUT2D eigenvalue weighted by atomic mass is 16.3. The van der Waals surface area contributed by atoms with Gasteiger partial charge < -0.3 is 10.0 Å². The molecule has 1 amide bonds. The SMILES string of the molecule is CN1C(=O)C2CCCC2C1O. The molecule has 2 aliphatic rings. The molecule has 0 spiro atoms. The summed E-state index contributed by atoms with van der Waals surface area (Å²) in [6.07, 6.45) is 2.59. The van der Waals surface area contributed by atoms with Crippen molar-refractivity contribution in [3.8, 4) is 0 Å². The predicted molar refractivity (Wildman–Crippen MR) is 39.6 cm³/mol. The first-order chi connectivity index (χ1) is 5.22. The molecule has 0 bridgehead atoms. The normalized spacial score (nSPS) is 43.3. The average Bonchev–Trinajstić information content (AvgIpc) is 2.53. The van der Waals surface area contributed by atoms with Crippen molar-refractivity contribution in [1.82, 2.24) is 4.90 Å². The number of amides is 1. The van der Waals surface area contributed by atoms with Crippen molar-refractivity contribution >= 4 is 5.91 Å². The summed E-state index contributed by atoms with van der Waals surface area (Å²) in [4.78, 5) is 12.8. The van der Waals surface area contributed by atoms with Gasteiger partial charge >= 0.3 is 0 Å². The van der Waals surface area contributed by atoms with Crippen LogP contribution in [0.3, 0.4) is 0 Å². The van der Waals surface area contributed by atoms with Gasteiger partial charge in [-0.1, -0.05) is 6.42 Å². The topological polar surface area (TPSA) is 40.5 Å². The molecule has 2 rings (SSSR count). The van der Waals surface area contributed by atoms with E-state index in [-0.39, 0.29) is 17.7 Å². The Morgan fingerprint density at radius 2 is 2.27 bits per heavy atom. The number of carbonyl (C=O) groups is 1. The molecule has 0 aromatic heterocycles. The van der Waals surface area contributed by atoms with E-state index in [1.807, 2.05) is 0 Å². The van der Waals surface area contributed by atoms with Crippen molar-refractivity contribution in [2.45, 2.75) is 25.5 Å². The number of nitrogens with zero attached hydrogens (tertiary/aromatic N) is 1. The van der Waals surface area contributed by atoms with Gasteiger partial charge in [-0.2, -0.15) is 0 Å². The molecule has 3 nitrogen and oxygen atoms in total. The largest absolute Gasteiger partial charge is 0.373 e. The number of likely N-dealkylation sites (tertiary alicyclic amines) is 1. The molecule has 0 aromatic carbocycles. The van der Waals surface area contributed by atoms with Crippen LogP contribution >= 0.6 is 0 Å². The fourth-order valence-corrected chi connectivity index (χ4v) is 2.33. The van der Waals surface area contributed by atoms with Crippen LogP contribution in [0.5, 0.6) is 0 Å². The Kier molecular flexibility index (Phi) is 1.42. The second-order valence-electron chi connectivity index (χ2n) is 3.56.